The topological polar surface area (TPSA) is 144 Å². The Kier molecular flexibility index (Phi) is 10.4. The van der Waals surface area contributed by atoms with E-state index in [0.29, 0.717) is 36.4 Å². The van der Waals surface area contributed by atoms with Crippen molar-refractivity contribution in [3.8, 4) is 11.5 Å². The molecule has 0 saturated carbocycles. The molecule has 2 heterocycles. The van der Waals surface area contributed by atoms with Gasteiger partial charge in [-0.3, -0.25) is 14.9 Å². The average Bonchev–Trinajstić information content (AvgIpc) is 3.28. The van der Waals surface area contributed by atoms with Crippen LogP contribution in [0.3, 0.4) is 0 Å². The second kappa shape index (κ2) is 14.1. The first kappa shape index (κ1) is 36.9. The Labute approximate surface area is 298 Å². The maximum absolute atomic E-state index is 14.7. The molecule has 3 aromatic rings. The Morgan fingerprint density at radius 1 is 1.02 bits per heavy atom. The van der Waals surface area contributed by atoms with E-state index in [0.717, 1.165) is 17.4 Å². The summed E-state index contributed by atoms with van der Waals surface area (Å²) in [5.74, 6) is -0.932. The van der Waals surface area contributed by atoms with Crippen molar-refractivity contribution in [3.05, 3.63) is 76.3 Å². The van der Waals surface area contributed by atoms with Gasteiger partial charge in [-0.15, -0.1) is 0 Å². The van der Waals surface area contributed by atoms with E-state index in [1.807, 2.05) is 34.7 Å². The highest BCUT2D eigenvalue weighted by atomic mass is 35.5. The van der Waals surface area contributed by atoms with Gasteiger partial charge in [0.15, 0.2) is 0 Å². The second-order valence-electron chi connectivity index (χ2n) is 13.6. The van der Waals surface area contributed by atoms with E-state index in [-0.39, 0.29) is 38.6 Å². The van der Waals surface area contributed by atoms with Crippen LogP contribution < -0.4 is 24.4 Å². The fourth-order valence-corrected chi connectivity index (χ4v) is 8.16. The third-order valence-electron chi connectivity index (χ3n) is 8.77. The first-order valence-electron chi connectivity index (χ1n) is 16.3. The maximum Gasteiger partial charge on any atom is 0.411 e. The van der Waals surface area contributed by atoms with Crippen LogP contribution in [-0.4, -0.2) is 76.7 Å². The number of halogens is 1. The average molecular weight is 727 g/mol. The minimum absolute atomic E-state index is 0.0914. The summed E-state index contributed by atoms with van der Waals surface area (Å²) in [5, 5.41) is 5.75. The number of piperidine rings is 1. The van der Waals surface area contributed by atoms with Crippen LogP contribution in [0, 0.1) is 0 Å². The quantitative estimate of drug-likeness (QED) is 0.273. The SMILES string of the molecule is CCOc1ccc2c(c1)C(C)(c1cc(NC(=O)OC3CCN(C)CC3)ccc1Cl)C(=O)N2S(=O)(=O)c1ccc(C(=O)NC(C)(C)C)cc1OC. The summed E-state index contributed by atoms with van der Waals surface area (Å²) in [6, 6.07) is 13.3. The largest absolute Gasteiger partial charge is 0.495 e. The lowest BCUT2D eigenvalue weighted by Gasteiger charge is -2.29. The number of rotatable bonds is 9. The lowest BCUT2D eigenvalue weighted by atomic mass is 9.77. The van der Waals surface area contributed by atoms with E-state index >= 15 is 0 Å². The molecule has 2 N–H and O–H groups in total. The number of methoxy groups -OCH3 is 1. The van der Waals surface area contributed by atoms with E-state index in [9.17, 15) is 22.8 Å². The predicted octanol–water partition coefficient (Wildman–Crippen LogP) is 5.96. The normalized spacial score (nSPS) is 18.4. The zero-order valence-corrected chi connectivity index (χ0v) is 30.8. The highest BCUT2D eigenvalue weighted by molar-refractivity contribution is 7.93. The number of ether oxygens (including phenoxy) is 3. The van der Waals surface area contributed by atoms with Crippen LogP contribution in [-0.2, 0) is 25.0 Å². The van der Waals surface area contributed by atoms with Gasteiger partial charge in [0.05, 0.1) is 19.4 Å². The molecular formula is C36H43ClN4O8S. The molecule has 0 bridgehead atoms. The lowest BCUT2D eigenvalue weighted by Crippen LogP contribution is -2.42. The molecule has 14 heteroatoms. The molecule has 0 aliphatic carbocycles. The monoisotopic (exact) mass is 726 g/mol. The molecule has 1 atom stereocenters. The van der Waals surface area contributed by atoms with Gasteiger partial charge in [0, 0.05) is 40.5 Å². The predicted molar refractivity (Wildman–Crippen MR) is 191 cm³/mol. The Hall–Kier alpha value is -4.33. The Morgan fingerprint density at radius 3 is 2.36 bits per heavy atom. The van der Waals surface area contributed by atoms with Gasteiger partial charge in [-0.05, 0) is 115 Å². The standard InChI is InChI=1S/C36H43ClN4O8S/c1-8-48-25-11-13-29-27(21-25)36(5,26-20-23(10-12-28(26)37)38-34(44)49-24-15-17-40(6)18-16-24)33(43)41(29)50(45,46)31-14-9-22(19-30(31)47-7)32(42)39-35(2,3)4/h9-14,19-21,24H,8,15-18H2,1-7H3,(H,38,44)(H,39,42). The number of hydrogen-bond donors (Lipinski definition) is 2. The molecule has 2 aliphatic rings. The van der Waals surface area contributed by atoms with Gasteiger partial charge in [-0.2, -0.15) is 0 Å². The molecule has 50 heavy (non-hydrogen) atoms. The van der Waals surface area contributed by atoms with Gasteiger partial charge in [0.1, 0.15) is 27.9 Å². The van der Waals surface area contributed by atoms with Crippen molar-refractivity contribution in [2.45, 2.75) is 69.4 Å². The number of sulfonamides is 1. The lowest BCUT2D eigenvalue weighted by molar-refractivity contribution is -0.120. The number of benzene rings is 3. The van der Waals surface area contributed by atoms with Crippen LogP contribution in [0.25, 0.3) is 0 Å². The Morgan fingerprint density at radius 2 is 1.72 bits per heavy atom. The smallest absolute Gasteiger partial charge is 0.411 e. The number of fused-ring (bicyclic) bond motifs is 1. The first-order chi connectivity index (χ1) is 23.5. The third-order valence-corrected chi connectivity index (χ3v) is 10.8. The van der Waals surface area contributed by atoms with Crippen LogP contribution in [0.5, 0.6) is 11.5 Å². The molecular weight excluding hydrogens is 684 g/mol. The summed E-state index contributed by atoms with van der Waals surface area (Å²) in [6.07, 6.45) is 0.547. The van der Waals surface area contributed by atoms with Crippen molar-refractivity contribution in [1.82, 2.24) is 10.2 Å². The minimum atomic E-state index is -4.64. The number of carbonyl (C=O) groups is 3. The van der Waals surface area contributed by atoms with Crippen molar-refractivity contribution in [3.63, 3.8) is 0 Å². The molecule has 2 aliphatic heterocycles. The molecule has 3 amide bonds. The van der Waals surface area contributed by atoms with E-state index in [4.69, 9.17) is 25.8 Å². The molecule has 0 aromatic heterocycles. The molecule has 3 aromatic carbocycles. The molecule has 12 nitrogen and oxygen atoms in total. The van der Waals surface area contributed by atoms with Crippen LogP contribution in [0.15, 0.2) is 59.5 Å². The summed E-state index contributed by atoms with van der Waals surface area (Å²) >= 11 is 6.77. The fourth-order valence-electron chi connectivity index (χ4n) is 6.20. The zero-order valence-electron chi connectivity index (χ0n) is 29.3. The molecule has 0 spiro atoms. The van der Waals surface area contributed by atoms with E-state index in [2.05, 4.69) is 15.5 Å². The molecule has 268 valence electrons. The van der Waals surface area contributed by atoms with Gasteiger partial charge in [0.25, 0.3) is 21.8 Å². The molecule has 1 unspecified atom stereocenters. The number of carbonyl (C=O) groups excluding carboxylic acids is 3. The van der Waals surface area contributed by atoms with Crippen LogP contribution in [0.4, 0.5) is 16.2 Å². The highest BCUT2D eigenvalue weighted by Crippen LogP contribution is 2.51. The first-order valence-corrected chi connectivity index (χ1v) is 18.1. The Bertz CT molecular complexity index is 1920. The van der Waals surface area contributed by atoms with Crippen molar-refractivity contribution >= 4 is 50.9 Å². The molecule has 5 rings (SSSR count). The number of likely N-dealkylation sites (tertiary alicyclic amines) is 1. The third kappa shape index (κ3) is 7.26. The van der Waals surface area contributed by atoms with E-state index in [1.54, 1.807) is 31.2 Å². The summed E-state index contributed by atoms with van der Waals surface area (Å²) in [7, 11) is -1.34. The van der Waals surface area contributed by atoms with Crippen molar-refractivity contribution in [1.29, 1.82) is 0 Å². The molecule has 1 saturated heterocycles. The molecule has 1 fully saturated rings. The summed E-state index contributed by atoms with van der Waals surface area (Å²) in [4.78, 5) is 42.3. The number of amides is 3. The number of hydrogen-bond acceptors (Lipinski definition) is 9. The number of anilines is 2. The van der Waals surface area contributed by atoms with Gasteiger partial charge in [0.2, 0.25) is 0 Å². The van der Waals surface area contributed by atoms with Crippen LogP contribution >= 0.6 is 11.6 Å². The maximum atomic E-state index is 14.7. The number of nitrogens with one attached hydrogen (secondary N) is 2. The van der Waals surface area contributed by atoms with Crippen molar-refractivity contribution < 1.29 is 37.0 Å². The van der Waals surface area contributed by atoms with Gasteiger partial charge in [-0.1, -0.05) is 11.6 Å². The summed E-state index contributed by atoms with van der Waals surface area (Å²) < 4.78 is 46.6. The van der Waals surface area contributed by atoms with Crippen molar-refractivity contribution in [2.75, 3.05) is 43.5 Å². The van der Waals surface area contributed by atoms with Crippen LogP contribution in [0.2, 0.25) is 5.02 Å². The van der Waals surface area contributed by atoms with E-state index in [1.165, 1.54) is 37.4 Å². The van der Waals surface area contributed by atoms with E-state index < -0.39 is 38.9 Å². The highest BCUT2D eigenvalue weighted by Gasteiger charge is 2.54. The Balaban J connectivity index is 1.55. The zero-order chi connectivity index (χ0) is 36.6. The minimum Gasteiger partial charge on any atom is -0.495 e. The fraction of sp³-hybridized carbons (Fsp3) is 0.417. The van der Waals surface area contributed by atoms with Crippen LogP contribution in [0.1, 0.15) is 68.9 Å². The molecule has 0 radical (unpaired) electrons. The summed E-state index contributed by atoms with van der Waals surface area (Å²) in [5.41, 5.74) is -1.02. The van der Waals surface area contributed by atoms with Gasteiger partial charge >= 0.3 is 6.09 Å². The number of nitrogens with zero attached hydrogens (tertiary/aromatic N) is 2. The summed E-state index contributed by atoms with van der Waals surface area (Å²) in [6.45, 7) is 10.8. The van der Waals surface area contributed by atoms with Gasteiger partial charge < -0.3 is 24.4 Å². The van der Waals surface area contributed by atoms with Gasteiger partial charge in [-0.25, -0.2) is 17.5 Å². The second-order valence-corrected chi connectivity index (χ2v) is 15.8. The van der Waals surface area contributed by atoms with Crippen molar-refractivity contribution in [2.24, 2.45) is 0 Å².